The van der Waals surface area contributed by atoms with Crippen molar-refractivity contribution in [1.82, 2.24) is 14.5 Å². The molecule has 0 spiro atoms. The third kappa shape index (κ3) is 2.90. The number of aromatic nitrogens is 2. The maximum atomic E-state index is 13.3. The van der Waals surface area contributed by atoms with Gasteiger partial charge in [0.1, 0.15) is 11.2 Å². The van der Waals surface area contributed by atoms with Crippen LogP contribution in [0.5, 0.6) is 0 Å². The van der Waals surface area contributed by atoms with E-state index in [1.165, 1.54) is 12.8 Å². The third-order valence-electron chi connectivity index (χ3n) is 8.13. The molecule has 4 aromatic rings. The molecule has 6 nitrogen and oxygen atoms in total. The smallest absolute Gasteiger partial charge is 0.254 e. The Hall–Kier alpha value is -3.12. The number of amides is 1. The van der Waals surface area contributed by atoms with Crippen LogP contribution in [0.2, 0.25) is 0 Å². The molecule has 3 unspecified atom stereocenters. The van der Waals surface area contributed by atoms with Crippen LogP contribution in [0.25, 0.3) is 33.5 Å². The minimum Gasteiger partial charge on any atom is -0.454 e. The van der Waals surface area contributed by atoms with Crippen LogP contribution < -0.4 is 5.73 Å². The standard InChI is InChI=1S/C27H28N4O2/c1-15-20-8-6-18(27(32)31-14-19-7-9-21(31)24(19)28)12-23(20)33-25(15)22-11-17-3-2-10-29-26(17)30(22)13-16-4-5-16/h2-3,6,8,10-12,16,19,21,24H,4-5,7,9,13-14,28H2,1H3. The van der Waals surface area contributed by atoms with Crippen molar-refractivity contribution < 1.29 is 9.21 Å². The molecule has 168 valence electrons. The number of carbonyl (C=O) groups is 1. The minimum absolute atomic E-state index is 0.0715. The fourth-order valence-corrected chi connectivity index (χ4v) is 6.07. The molecule has 2 aliphatic carbocycles. The van der Waals surface area contributed by atoms with Gasteiger partial charge in [-0.05, 0) is 74.8 Å². The maximum Gasteiger partial charge on any atom is 0.254 e. The SMILES string of the molecule is Cc1c(-c2cc3cccnc3n2CC2CC2)oc2cc(C(=O)N3CC4CCC3C4N)ccc12. The fraction of sp³-hybridized carbons (Fsp3) is 0.407. The first-order chi connectivity index (χ1) is 16.1. The summed E-state index contributed by atoms with van der Waals surface area (Å²) in [6.45, 7) is 3.85. The lowest BCUT2D eigenvalue weighted by atomic mass is 10.1. The zero-order valence-corrected chi connectivity index (χ0v) is 18.8. The molecular weight excluding hydrogens is 412 g/mol. The van der Waals surface area contributed by atoms with Crippen molar-refractivity contribution in [2.24, 2.45) is 17.6 Å². The maximum absolute atomic E-state index is 13.3. The number of furan rings is 1. The van der Waals surface area contributed by atoms with E-state index < -0.39 is 0 Å². The number of rotatable bonds is 4. The highest BCUT2D eigenvalue weighted by Crippen LogP contribution is 2.40. The summed E-state index contributed by atoms with van der Waals surface area (Å²) in [5, 5.41) is 2.18. The molecule has 33 heavy (non-hydrogen) atoms. The average molecular weight is 441 g/mol. The van der Waals surface area contributed by atoms with Crippen LogP contribution in [0, 0.1) is 18.8 Å². The molecule has 1 saturated heterocycles. The second-order valence-electron chi connectivity index (χ2n) is 10.2. The van der Waals surface area contributed by atoms with Crippen molar-refractivity contribution in [1.29, 1.82) is 0 Å². The molecule has 1 aromatic carbocycles. The Bertz CT molecular complexity index is 1410. The molecule has 4 heterocycles. The molecular formula is C27H28N4O2. The first-order valence-electron chi connectivity index (χ1n) is 12.1. The van der Waals surface area contributed by atoms with Gasteiger partial charge in [0.05, 0.1) is 5.69 Å². The molecule has 7 rings (SSSR count). The zero-order chi connectivity index (χ0) is 22.3. The molecule has 3 aromatic heterocycles. The predicted octanol–water partition coefficient (Wildman–Crippen LogP) is 4.73. The van der Waals surface area contributed by atoms with Crippen molar-refractivity contribution >= 4 is 27.9 Å². The Balaban J connectivity index is 1.30. The molecule has 0 radical (unpaired) electrons. The van der Waals surface area contributed by atoms with Crippen molar-refractivity contribution in [3.63, 3.8) is 0 Å². The quantitative estimate of drug-likeness (QED) is 0.498. The molecule has 3 atom stereocenters. The first kappa shape index (κ1) is 19.4. The van der Waals surface area contributed by atoms with E-state index in [-0.39, 0.29) is 18.0 Å². The Kier molecular flexibility index (Phi) is 4.07. The number of nitrogens with zero attached hydrogens (tertiary/aromatic N) is 3. The lowest BCUT2D eigenvalue weighted by molar-refractivity contribution is 0.0700. The number of carbonyl (C=O) groups excluding carboxylic acids is 1. The molecule has 2 saturated carbocycles. The van der Waals surface area contributed by atoms with Gasteiger partial charge in [0.25, 0.3) is 5.91 Å². The van der Waals surface area contributed by atoms with E-state index >= 15 is 0 Å². The van der Waals surface area contributed by atoms with Gasteiger partial charge in [-0.2, -0.15) is 0 Å². The van der Waals surface area contributed by atoms with E-state index in [0.29, 0.717) is 11.5 Å². The number of aryl methyl sites for hydroxylation is 1. The van der Waals surface area contributed by atoms with E-state index in [1.54, 1.807) is 0 Å². The van der Waals surface area contributed by atoms with Crippen LogP contribution >= 0.6 is 0 Å². The van der Waals surface area contributed by atoms with Gasteiger partial charge >= 0.3 is 0 Å². The zero-order valence-electron chi connectivity index (χ0n) is 18.8. The van der Waals surface area contributed by atoms with E-state index in [9.17, 15) is 4.79 Å². The summed E-state index contributed by atoms with van der Waals surface area (Å²) in [6.07, 6.45) is 6.56. The van der Waals surface area contributed by atoms with E-state index in [4.69, 9.17) is 10.2 Å². The van der Waals surface area contributed by atoms with Crippen LogP contribution in [-0.2, 0) is 6.54 Å². The Morgan fingerprint density at radius 2 is 2.06 bits per heavy atom. The van der Waals surface area contributed by atoms with Gasteiger partial charge < -0.3 is 19.6 Å². The molecule has 3 fully saturated rings. The predicted molar refractivity (Wildman–Crippen MR) is 128 cm³/mol. The summed E-state index contributed by atoms with van der Waals surface area (Å²) in [6, 6.07) is 12.5. The molecule has 6 heteroatoms. The van der Waals surface area contributed by atoms with Crippen LogP contribution in [0.3, 0.4) is 0 Å². The molecule has 3 aliphatic rings. The number of fused-ring (bicyclic) bond motifs is 4. The summed E-state index contributed by atoms with van der Waals surface area (Å²) < 4.78 is 8.76. The number of hydrogen-bond acceptors (Lipinski definition) is 4. The van der Waals surface area contributed by atoms with Crippen molar-refractivity contribution in [2.45, 2.75) is 51.2 Å². The second-order valence-corrected chi connectivity index (χ2v) is 10.2. The normalized spacial score (nSPS) is 24.4. The van der Waals surface area contributed by atoms with Gasteiger partial charge in [0.15, 0.2) is 5.76 Å². The van der Waals surface area contributed by atoms with Crippen LogP contribution in [-0.4, -0.2) is 39.0 Å². The highest BCUT2D eigenvalue weighted by molar-refractivity contribution is 5.99. The van der Waals surface area contributed by atoms with E-state index in [2.05, 4.69) is 28.6 Å². The Morgan fingerprint density at radius 3 is 2.82 bits per heavy atom. The van der Waals surface area contributed by atoms with Gasteiger partial charge in [0, 0.05) is 53.3 Å². The second kappa shape index (κ2) is 6.94. The number of piperidine rings is 1. The Morgan fingerprint density at radius 1 is 1.18 bits per heavy atom. The van der Waals surface area contributed by atoms with Gasteiger partial charge in [0.2, 0.25) is 0 Å². The summed E-state index contributed by atoms with van der Waals surface area (Å²) in [4.78, 5) is 19.9. The highest BCUT2D eigenvalue weighted by Gasteiger charge is 2.46. The van der Waals surface area contributed by atoms with Gasteiger partial charge in [-0.15, -0.1) is 0 Å². The lowest BCUT2D eigenvalue weighted by Gasteiger charge is -2.27. The number of hydrogen-bond donors (Lipinski definition) is 1. The van der Waals surface area contributed by atoms with E-state index in [1.807, 2.05) is 35.4 Å². The Labute approximate surface area is 192 Å². The van der Waals surface area contributed by atoms with Gasteiger partial charge in [-0.3, -0.25) is 4.79 Å². The third-order valence-corrected chi connectivity index (χ3v) is 8.13. The first-order valence-corrected chi connectivity index (χ1v) is 12.1. The number of nitrogens with two attached hydrogens (primary N) is 1. The summed E-state index contributed by atoms with van der Waals surface area (Å²) in [5.41, 5.74) is 11.0. The molecule has 2 N–H and O–H groups in total. The molecule has 2 bridgehead atoms. The number of likely N-dealkylation sites (tertiary alicyclic amines) is 1. The van der Waals surface area contributed by atoms with Gasteiger partial charge in [-0.25, -0.2) is 4.98 Å². The monoisotopic (exact) mass is 440 g/mol. The lowest BCUT2D eigenvalue weighted by Crippen LogP contribution is -2.41. The summed E-state index contributed by atoms with van der Waals surface area (Å²) in [5.74, 6) is 2.11. The number of benzene rings is 1. The van der Waals surface area contributed by atoms with Crippen molar-refractivity contribution in [3.8, 4) is 11.5 Å². The fourth-order valence-electron chi connectivity index (χ4n) is 6.07. The summed E-state index contributed by atoms with van der Waals surface area (Å²) in [7, 11) is 0. The van der Waals surface area contributed by atoms with Crippen LogP contribution in [0.4, 0.5) is 0 Å². The van der Waals surface area contributed by atoms with Crippen LogP contribution in [0.1, 0.15) is 41.6 Å². The van der Waals surface area contributed by atoms with E-state index in [0.717, 1.165) is 70.9 Å². The highest BCUT2D eigenvalue weighted by atomic mass is 16.3. The van der Waals surface area contributed by atoms with Crippen molar-refractivity contribution in [2.75, 3.05) is 6.54 Å². The van der Waals surface area contributed by atoms with Gasteiger partial charge in [-0.1, -0.05) is 6.07 Å². The van der Waals surface area contributed by atoms with Crippen LogP contribution in [0.15, 0.2) is 47.0 Å². The van der Waals surface area contributed by atoms with Crippen molar-refractivity contribution in [3.05, 3.63) is 53.7 Å². The topological polar surface area (TPSA) is 77.3 Å². The summed E-state index contributed by atoms with van der Waals surface area (Å²) >= 11 is 0. The largest absolute Gasteiger partial charge is 0.454 e. The molecule has 1 amide bonds. The number of pyridine rings is 1. The average Bonchev–Trinajstić information content (AvgIpc) is 3.24. The molecule has 1 aliphatic heterocycles. The minimum atomic E-state index is 0.0715.